The fourth-order valence-electron chi connectivity index (χ4n) is 1.34. The number of anilines is 1. The van der Waals surface area contributed by atoms with Crippen molar-refractivity contribution in [1.29, 1.82) is 0 Å². The van der Waals surface area contributed by atoms with E-state index in [-0.39, 0.29) is 5.56 Å². The predicted octanol–water partition coefficient (Wildman–Crippen LogP) is 2.67. The SMILES string of the molecule is COCCSc1nnc(NC(=O)c2ccccc2F)s1. The molecule has 8 heteroatoms. The molecule has 20 heavy (non-hydrogen) atoms. The first-order valence-corrected chi connectivity index (χ1v) is 7.52. The molecule has 1 N–H and O–H groups in total. The topological polar surface area (TPSA) is 64.1 Å². The Labute approximate surface area is 123 Å². The molecule has 0 bridgehead atoms. The number of nitrogens with zero attached hydrogens (tertiary/aromatic N) is 2. The van der Waals surface area contributed by atoms with E-state index in [1.807, 2.05) is 0 Å². The molecular formula is C12H12FN3O2S2. The van der Waals surface area contributed by atoms with Crippen molar-refractivity contribution in [1.82, 2.24) is 10.2 Å². The first kappa shape index (κ1) is 14.9. The van der Waals surface area contributed by atoms with Crippen molar-refractivity contribution in [2.45, 2.75) is 4.34 Å². The average Bonchev–Trinajstić information content (AvgIpc) is 2.87. The Morgan fingerprint density at radius 2 is 2.25 bits per heavy atom. The number of thioether (sulfide) groups is 1. The molecule has 106 valence electrons. The molecule has 0 unspecified atom stereocenters. The number of aromatic nitrogens is 2. The normalized spacial score (nSPS) is 10.5. The van der Waals surface area contributed by atoms with Crippen LogP contribution in [0.25, 0.3) is 0 Å². The molecule has 0 saturated heterocycles. The van der Waals surface area contributed by atoms with Crippen LogP contribution >= 0.6 is 23.1 Å². The minimum Gasteiger partial charge on any atom is -0.384 e. The van der Waals surface area contributed by atoms with Gasteiger partial charge in [0.2, 0.25) is 5.13 Å². The monoisotopic (exact) mass is 313 g/mol. The summed E-state index contributed by atoms with van der Waals surface area (Å²) in [6.07, 6.45) is 0. The van der Waals surface area contributed by atoms with Crippen LogP contribution < -0.4 is 5.32 Å². The molecule has 1 amide bonds. The highest BCUT2D eigenvalue weighted by Gasteiger charge is 2.13. The van der Waals surface area contributed by atoms with Crippen molar-refractivity contribution in [2.75, 3.05) is 24.8 Å². The molecule has 2 rings (SSSR count). The van der Waals surface area contributed by atoms with E-state index in [9.17, 15) is 9.18 Å². The summed E-state index contributed by atoms with van der Waals surface area (Å²) < 4.78 is 19.1. The molecule has 1 aromatic heterocycles. The van der Waals surface area contributed by atoms with E-state index >= 15 is 0 Å². The Balaban J connectivity index is 1.97. The van der Waals surface area contributed by atoms with Gasteiger partial charge in [0.25, 0.3) is 5.91 Å². The van der Waals surface area contributed by atoms with Crippen LogP contribution in [0.3, 0.4) is 0 Å². The molecule has 0 spiro atoms. The fraction of sp³-hybridized carbons (Fsp3) is 0.250. The quantitative estimate of drug-likeness (QED) is 0.504. The summed E-state index contributed by atoms with van der Waals surface area (Å²) in [6, 6.07) is 5.78. The van der Waals surface area contributed by atoms with Crippen LogP contribution in [-0.2, 0) is 4.74 Å². The number of hydrogen-bond donors (Lipinski definition) is 1. The summed E-state index contributed by atoms with van der Waals surface area (Å²) in [7, 11) is 1.63. The molecular weight excluding hydrogens is 301 g/mol. The Morgan fingerprint density at radius 3 is 3.00 bits per heavy atom. The maximum Gasteiger partial charge on any atom is 0.260 e. The molecule has 0 aliphatic rings. The molecule has 0 aliphatic heterocycles. The van der Waals surface area contributed by atoms with Gasteiger partial charge in [-0.05, 0) is 12.1 Å². The maximum absolute atomic E-state index is 13.4. The summed E-state index contributed by atoms with van der Waals surface area (Å²) in [5.41, 5.74) is -0.0173. The van der Waals surface area contributed by atoms with E-state index < -0.39 is 11.7 Å². The largest absolute Gasteiger partial charge is 0.384 e. The molecule has 0 saturated carbocycles. The molecule has 0 aliphatic carbocycles. The summed E-state index contributed by atoms with van der Waals surface area (Å²) >= 11 is 2.73. The van der Waals surface area contributed by atoms with E-state index in [1.54, 1.807) is 13.2 Å². The smallest absolute Gasteiger partial charge is 0.260 e. The van der Waals surface area contributed by atoms with E-state index in [2.05, 4.69) is 15.5 Å². The van der Waals surface area contributed by atoms with Crippen LogP contribution in [0.1, 0.15) is 10.4 Å². The maximum atomic E-state index is 13.4. The third-order valence-corrected chi connectivity index (χ3v) is 4.19. The third kappa shape index (κ3) is 3.99. The summed E-state index contributed by atoms with van der Waals surface area (Å²) in [6.45, 7) is 0.612. The number of ether oxygens (including phenoxy) is 1. The van der Waals surface area contributed by atoms with E-state index in [0.717, 1.165) is 10.1 Å². The number of carbonyl (C=O) groups is 1. The van der Waals surface area contributed by atoms with Crippen LogP contribution in [0, 0.1) is 5.82 Å². The van der Waals surface area contributed by atoms with Crippen LogP contribution in [0.2, 0.25) is 0 Å². The molecule has 1 aromatic carbocycles. The zero-order valence-electron chi connectivity index (χ0n) is 10.6. The molecule has 1 heterocycles. The Bertz CT molecular complexity index is 592. The lowest BCUT2D eigenvalue weighted by atomic mass is 10.2. The highest BCUT2D eigenvalue weighted by molar-refractivity contribution is 8.01. The first-order chi connectivity index (χ1) is 9.70. The zero-order chi connectivity index (χ0) is 14.4. The predicted molar refractivity (Wildman–Crippen MR) is 76.9 cm³/mol. The van der Waals surface area contributed by atoms with Gasteiger partial charge in [-0.3, -0.25) is 10.1 Å². The second-order valence-electron chi connectivity index (χ2n) is 3.65. The van der Waals surface area contributed by atoms with Crippen molar-refractivity contribution in [2.24, 2.45) is 0 Å². The van der Waals surface area contributed by atoms with Gasteiger partial charge in [-0.25, -0.2) is 4.39 Å². The van der Waals surface area contributed by atoms with Gasteiger partial charge in [0, 0.05) is 12.9 Å². The lowest BCUT2D eigenvalue weighted by Gasteiger charge is -2.01. The Kier molecular flexibility index (Phi) is 5.45. The second-order valence-corrected chi connectivity index (χ2v) is 5.97. The number of amides is 1. The van der Waals surface area contributed by atoms with Crippen molar-refractivity contribution in [3.63, 3.8) is 0 Å². The van der Waals surface area contributed by atoms with E-state index in [4.69, 9.17) is 4.74 Å². The van der Waals surface area contributed by atoms with Crippen LogP contribution in [0.5, 0.6) is 0 Å². The summed E-state index contributed by atoms with van der Waals surface area (Å²) in [4.78, 5) is 11.9. The average molecular weight is 313 g/mol. The van der Waals surface area contributed by atoms with Crippen LogP contribution in [-0.4, -0.2) is 35.6 Å². The molecule has 0 atom stereocenters. The first-order valence-electron chi connectivity index (χ1n) is 5.72. The minimum absolute atomic E-state index is 0.0173. The zero-order valence-corrected chi connectivity index (χ0v) is 12.3. The summed E-state index contributed by atoms with van der Waals surface area (Å²) in [5.74, 6) is -0.344. The van der Waals surface area contributed by atoms with E-state index in [0.29, 0.717) is 11.7 Å². The highest BCUT2D eigenvalue weighted by Crippen LogP contribution is 2.25. The molecule has 0 radical (unpaired) electrons. The van der Waals surface area contributed by atoms with Gasteiger partial charge in [-0.2, -0.15) is 0 Å². The minimum atomic E-state index is -0.566. The number of hydrogen-bond acceptors (Lipinski definition) is 6. The lowest BCUT2D eigenvalue weighted by molar-refractivity contribution is 0.102. The number of benzene rings is 1. The fourth-order valence-corrected chi connectivity index (χ4v) is 3.06. The van der Waals surface area contributed by atoms with Gasteiger partial charge < -0.3 is 4.74 Å². The van der Waals surface area contributed by atoms with Crippen LogP contribution in [0.15, 0.2) is 28.6 Å². The standard InChI is InChI=1S/C12H12FN3O2S2/c1-18-6-7-19-12-16-15-11(20-12)14-10(17)8-4-2-3-5-9(8)13/h2-5H,6-7H2,1H3,(H,14,15,17). The van der Waals surface area contributed by atoms with Crippen molar-refractivity contribution < 1.29 is 13.9 Å². The van der Waals surface area contributed by atoms with Gasteiger partial charge in [-0.15, -0.1) is 10.2 Å². The van der Waals surface area contributed by atoms with Gasteiger partial charge in [0.15, 0.2) is 4.34 Å². The van der Waals surface area contributed by atoms with E-state index in [1.165, 1.54) is 41.3 Å². The Morgan fingerprint density at radius 1 is 1.45 bits per heavy atom. The lowest BCUT2D eigenvalue weighted by Crippen LogP contribution is -2.13. The second kappa shape index (κ2) is 7.32. The van der Waals surface area contributed by atoms with Crippen molar-refractivity contribution in [3.8, 4) is 0 Å². The van der Waals surface area contributed by atoms with Gasteiger partial charge in [-0.1, -0.05) is 35.2 Å². The molecule has 0 fully saturated rings. The highest BCUT2D eigenvalue weighted by atomic mass is 32.2. The number of carbonyl (C=O) groups excluding carboxylic acids is 1. The van der Waals surface area contributed by atoms with Crippen molar-refractivity contribution in [3.05, 3.63) is 35.6 Å². The van der Waals surface area contributed by atoms with Gasteiger partial charge >= 0.3 is 0 Å². The third-order valence-electron chi connectivity index (χ3n) is 2.26. The number of methoxy groups -OCH3 is 1. The molecule has 5 nitrogen and oxygen atoms in total. The van der Waals surface area contributed by atoms with Crippen LogP contribution in [0.4, 0.5) is 9.52 Å². The number of nitrogens with one attached hydrogen (secondary N) is 1. The molecule has 2 aromatic rings. The van der Waals surface area contributed by atoms with Gasteiger partial charge in [0.1, 0.15) is 5.82 Å². The number of rotatable bonds is 6. The van der Waals surface area contributed by atoms with Gasteiger partial charge in [0.05, 0.1) is 12.2 Å². The number of halogens is 1. The summed E-state index contributed by atoms with van der Waals surface area (Å²) in [5, 5.41) is 10.6. The van der Waals surface area contributed by atoms with Crippen molar-refractivity contribution >= 4 is 34.1 Å². The Hall–Kier alpha value is -1.51.